The van der Waals surface area contributed by atoms with Crippen molar-refractivity contribution in [3.05, 3.63) is 47.3 Å². The van der Waals surface area contributed by atoms with Gasteiger partial charge < -0.3 is 10.1 Å². The summed E-state index contributed by atoms with van der Waals surface area (Å²) in [5, 5.41) is 4.93. The Kier molecular flexibility index (Phi) is 5.13. The average molecular weight is 349 g/mol. The molecule has 1 aliphatic rings. The Balaban J connectivity index is 1.65. The largest absolute Gasteiger partial charge is 0.497 e. The molecule has 0 unspecified atom stereocenters. The second-order valence-corrected chi connectivity index (χ2v) is 8.20. The molecule has 0 bridgehead atoms. The Bertz CT molecular complexity index is 678. The van der Waals surface area contributed by atoms with E-state index in [0.717, 1.165) is 28.4 Å². The molecule has 0 radical (unpaired) electrons. The van der Waals surface area contributed by atoms with Gasteiger partial charge in [0.25, 0.3) is 0 Å². The SMILES string of the molecule is COc1ccc([C@H](NC(=O)C[S@@](=O)c2cccs2)C2CC2)cc1. The van der Waals surface area contributed by atoms with Crippen LogP contribution in [0.5, 0.6) is 5.75 Å². The van der Waals surface area contributed by atoms with E-state index in [-0.39, 0.29) is 17.7 Å². The van der Waals surface area contributed by atoms with Crippen LogP contribution in [0.2, 0.25) is 0 Å². The summed E-state index contributed by atoms with van der Waals surface area (Å²) < 4.78 is 18.1. The molecule has 1 heterocycles. The fourth-order valence-electron chi connectivity index (χ4n) is 2.51. The van der Waals surface area contributed by atoms with Crippen LogP contribution in [0.4, 0.5) is 0 Å². The molecule has 1 aromatic carbocycles. The zero-order valence-electron chi connectivity index (χ0n) is 12.9. The van der Waals surface area contributed by atoms with E-state index in [9.17, 15) is 9.00 Å². The molecule has 1 fully saturated rings. The molecular formula is C17H19NO3S2. The molecule has 6 heteroatoms. The Morgan fingerprint density at radius 3 is 2.65 bits per heavy atom. The van der Waals surface area contributed by atoms with Crippen molar-refractivity contribution in [2.75, 3.05) is 12.9 Å². The molecule has 0 saturated heterocycles. The van der Waals surface area contributed by atoms with Crippen LogP contribution in [0.25, 0.3) is 0 Å². The van der Waals surface area contributed by atoms with Gasteiger partial charge in [-0.25, -0.2) is 0 Å². The summed E-state index contributed by atoms with van der Waals surface area (Å²) in [7, 11) is 0.367. The highest BCUT2D eigenvalue weighted by atomic mass is 32.2. The number of carbonyl (C=O) groups is 1. The van der Waals surface area contributed by atoms with Crippen molar-refractivity contribution in [1.82, 2.24) is 5.32 Å². The monoisotopic (exact) mass is 349 g/mol. The first kappa shape index (κ1) is 16.2. The van der Waals surface area contributed by atoms with Crippen molar-refractivity contribution < 1.29 is 13.7 Å². The van der Waals surface area contributed by atoms with Crippen molar-refractivity contribution in [2.45, 2.75) is 23.1 Å². The molecule has 4 nitrogen and oxygen atoms in total. The van der Waals surface area contributed by atoms with Crippen LogP contribution in [-0.2, 0) is 15.6 Å². The molecule has 1 saturated carbocycles. The number of hydrogen-bond donors (Lipinski definition) is 1. The molecular weight excluding hydrogens is 330 g/mol. The van der Waals surface area contributed by atoms with Crippen LogP contribution in [0, 0.1) is 5.92 Å². The summed E-state index contributed by atoms with van der Waals surface area (Å²) in [4.78, 5) is 12.3. The van der Waals surface area contributed by atoms with Crippen LogP contribution in [0.15, 0.2) is 46.0 Å². The summed E-state index contributed by atoms with van der Waals surface area (Å²) >= 11 is 1.42. The van der Waals surface area contributed by atoms with E-state index in [4.69, 9.17) is 4.74 Å². The maximum Gasteiger partial charge on any atom is 0.233 e. The molecule has 23 heavy (non-hydrogen) atoms. The number of rotatable bonds is 7. The molecule has 2 atom stereocenters. The molecule has 1 aliphatic carbocycles. The van der Waals surface area contributed by atoms with E-state index in [0.29, 0.717) is 5.92 Å². The predicted octanol–water partition coefficient (Wildman–Crippen LogP) is 3.13. The van der Waals surface area contributed by atoms with Crippen molar-refractivity contribution in [3.8, 4) is 5.75 Å². The van der Waals surface area contributed by atoms with E-state index >= 15 is 0 Å². The van der Waals surface area contributed by atoms with Gasteiger partial charge in [0.15, 0.2) is 0 Å². The van der Waals surface area contributed by atoms with Crippen LogP contribution >= 0.6 is 11.3 Å². The summed E-state index contributed by atoms with van der Waals surface area (Å²) in [5.41, 5.74) is 1.07. The molecule has 122 valence electrons. The van der Waals surface area contributed by atoms with E-state index in [1.54, 1.807) is 13.2 Å². The molecule has 3 rings (SSSR count). The number of carbonyl (C=O) groups excluding carboxylic acids is 1. The summed E-state index contributed by atoms with van der Waals surface area (Å²) in [6, 6.07) is 11.4. The minimum Gasteiger partial charge on any atom is -0.497 e. The zero-order valence-corrected chi connectivity index (χ0v) is 14.5. The van der Waals surface area contributed by atoms with Gasteiger partial charge in [0.05, 0.1) is 28.2 Å². The predicted molar refractivity (Wildman–Crippen MR) is 92.2 cm³/mol. The lowest BCUT2D eigenvalue weighted by Gasteiger charge is -2.19. The van der Waals surface area contributed by atoms with Crippen LogP contribution in [-0.4, -0.2) is 23.0 Å². The van der Waals surface area contributed by atoms with Gasteiger partial charge in [-0.2, -0.15) is 0 Å². The van der Waals surface area contributed by atoms with Gasteiger partial charge >= 0.3 is 0 Å². The van der Waals surface area contributed by atoms with E-state index in [1.807, 2.05) is 35.7 Å². The smallest absolute Gasteiger partial charge is 0.233 e. The quantitative estimate of drug-likeness (QED) is 0.835. The number of thiophene rings is 1. The fourth-order valence-corrected chi connectivity index (χ4v) is 4.43. The summed E-state index contributed by atoms with van der Waals surface area (Å²) in [6.07, 6.45) is 2.23. The highest BCUT2D eigenvalue weighted by Crippen LogP contribution is 2.41. The molecule has 0 spiro atoms. The first-order valence-corrected chi connectivity index (χ1v) is 9.72. The van der Waals surface area contributed by atoms with E-state index in [2.05, 4.69) is 5.32 Å². The molecule has 0 aliphatic heterocycles. The second kappa shape index (κ2) is 7.27. The van der Waals surface area contributed by atoms with Gasteiger partial charge in [-0.1, -0.05) is 18.2 Å². The molecule has 1 amide bonds. The molecule has 1 aromatic heterocycles. The van der Waals surface area contributed by atoms with Gasteiger partial charge in [0, 0.05) is 0 Å². The van der Waals surface area contributed by atoms with Gasteiger partial charge in [-0.15, -0.1) is 11.3 Å². The minimum absolute atomic E-state index is 0.00579. The van der Waals surface area contributed by atoms with Gasteiger partial charge in [-0.05, 0) is 47.9 Å². The Morgan fingerprint density at radius 2 is 2.09 bits per heavy atom. The standard InChI is InChI=1S/C17H19NO3S2/c1-21-14-8-6-13(7-9-14)17(12-4-5-12)18-15(19)11-23(20)16-3-2-10-22-16/h2-3,6-10,12,17H,4-5,11H2,1H3,(H,18,19)/t17-,23-/m1/s1. The summed E-state index contributed by atoms with van der Waals surface area (Å²) in [6.45, 7) is 0. The van der Waals surface area contributed by atoms with Crippen LogP contribution in [0.1, 0.15) is 24.4 Å². The van der Waals surface area contributed by atoms with E-state index < -0.39 is 10.8 Å². The average Bonchev–Trinajstić information content (AvgIpc) is 3.25. The molecule has 2 aromatic rings. The van der Waals surface area contributed by atoms with Gasteiger partial charge in [0.1, 0.15) is 11.5 Å². The highest BCUT2D eigenvalue weighted by molar-refractivity contribution is 7.88. The lowest BCUT2D eigenvalue weighted by molar-refractivity contribution is -0.119. The third-order valence-electron chi connectivity index (χ3n) is 3.87. The van der Waals surface area contributed by atoms with Crippen molar-refractivity contribution in [1.29, 1.82) is 0 Å². The lowest BCUT2D eigenvalue weighted by Crippen LogP contribution is -2.33. The second-order valence-electron chi connectivity index (χ2n) is 5.58. The van der Waals surface area contributed by atoms with Crippen molar-refractivity contribution in [2.24, 2.45) is 5.92 Å². The Labute approximate surface area is 142 Å². The highest BCUT2D eigenvalue weighted by Gasteiger charge is 2.33. The topological polar surface area (TPSA) is 55.4 Å². The number of amides is 1. The maximum absolute atomic E-state index is 12.3. The molecule has 1 N–H and O–H groups in total. The van der Waals surface area contributed by atoms with E-state index in [1.165, 1.54) is 11.3 Å². The Hall–Kier alpha value is -1.66. The first-order chi connectivity index (χ1) is 11.2. The van der Waals surface area contributed by atoms with Gasteiger partial charge in [0.2, 0.25) is 5.91 Å². The third-order valence-corrected chi connectivity index (χ3v) is 6.48. The number of hydrogen-bond acceptors (Lipinski definition) is 4. The van der Waals surface area contributed by atoms with Crippen LogP contribution < -0.4 is 10.1 Å². The van der Waals surface area contributed by atoms with Crippen molar-refractivity contribution >= 4 is 28.0 Å². The number of methoxy groups -OCH3 is 1. The van der Waals surface area contributed by atoms with Crippen molar-refractivity contribution in [3.63, 3.8) is 0 Å². The van der Waals surface area contributed by atoms with Gasteiger partial charge in [-0.3, -0.25) is 9.00 Å². The Morgan fingerprint density at radius 1 is 1.35 bits per heavy atom. The first-order valence-electron chi connectivity index (χ1n) is 7.52. The lowest BCUT2D eigenvalue weighted by atomic mass is 10.0. The maximum atomic E-state index is 12.3. The number of benzene rings is 1. The zero-order chi connectivity index (χ0) is 16.2. The number of nitrogens with one attached hydrogen (secondary N) is 1. The number of ether oxygens (including phenoxy) is 1. The fraction of sp³-hybridized carbons (Fsp3) is 0.353. The summed E-state index contributed by atoms with van der Waals surface area (Å²) in [5.74, 6) is 1.13. The third kappa shape index (κ3) is 4.20. The minimum atomic E-state index is -1.27. The normalized spacial score (nSPS) is 16.6. The van der Waals surface area contributed by atoms with Crippen LogP contribution in [0.3, 0.4) is 0 Å².